The number of rotatable bonds is 3. The Morgan fingerprint density at radius 3 is 2.68 bits per heavy atom. The van der Waals surface area contributed by atoms with Gasteiger partial charge in [0.2, 0.25) is 5.79 Å². The Morgan fingerprint density at radius 1 is 1.14 bits per heavy atom. The molecule has 1 unspecified atom stereocenters. The number of hydrogen-bond donors (Lipinski definition) is 4. The highest BCUT2D eigenvalue weighted by atomic mass is 15.5. The van der Waals surface area contributed by atoms with Crippen molar-refractivity contribution in [3.63, 3.8) is 0 Å². The molecule has 0 amide bonds. The summed E-state index contributed by atoms with van der Waals surface area (Å²) in [6.45, 7) is 0.656. The molecular formula is C13H15N9. The van der Waals surface area contributed by atoms with Crippen LogP contribution in [0.1, 0.15) is 11.3 Å². The van der Waals surface area contributed by atoms with E-state index in [9.17, 15) is 0 Å². The van der Waals surface area contributed by atoms with Gasteiger partial charge in [-0.15, -0.1) is 10.2 Å². The summed E-state index contributed by atoms with van der Waals surface area (Å²) < 4.78 is 0. The second-order valence-electron chi connectivity index (χ2n) is 5.02. The summed E-state index contributed by atoms with van der Waals surface area (Å²) in [5.74, 6) is -0.0579. The SMILES string of the molecule is CNC1(c2c[nH]nn2)Nc2ccccc2CN1c1c[nH]nn1. The van der Waals surface area contributed by atoms with Crippen LogP contribution in [0.3, 0.4) is 0 Å². The Labute approximate surface area is 126 Å². The second-order valence-corrected chi connectivity index (χ2v) is 5.02. The quantitative estimate of drug-likeness (QED) is 0.553. The summed E-state index contributed by atoms with van der Waals surface area (Å²) in [6.07, 6.45) is 3.51. The summed E-state index contributed by atoms with van der Waals surface area (Å²) in [4.78, 5) is 2.05. The predicted octanol–water partition coefficient (Wildman–Crippen LogP) is 0.385. The van der Waals surface area contributed by atoms with Crippen molar-refractivity contribution in [1.29, 1.82) is 0 Å². The molecule has 0 bridgehead atoms. The molecule has 2 aromatic heterocycles. The van der Waals surface area contributed by atoms with Gasteiger partial charge in [-0.2, -0.15) is 0 Å². The molecule has 1 atom stereocenters. The van der Waals surface area contributed by atoms with Crippen LogP contribution in [-0.2, 0) is 12.3 Å². The van der Waals surface area contributed by atoms with Crippen LogP contribution in [0.5, 0.6) is 0 Å². The van der Waals surface area contributed by atoms with Gasteiger partial charge < -0.3 is 10.2 Å². The highest BCUT2D eigenvalue weighted by molar-refractivity contribution is 5.61. The number of nitrogens with one attached hydrogen (secondary N) is 4. The number of para-hydroxylation sites is 1. The number of aromatic nitrogens is 6. The molecule has 0 aliphatic carbocycles. The number of aromatic amines is 2. The fourth-order valence-electron chi connectivity index (χ4n) is 2.82. The van der Waals surface area contributed by atoms with Crippen molar-refractivity contribution in [2.75, 3.05) is 17.3 Å². The third-order valence-corrected chi connectivity index (χ3v) is 3.90. The lowest BCUT2D eigenvalue weighted by atomic mass is 10.0. The molecule has 4 rings (SSSR count). The van der Waals surface area contributed by atoms with Crippen LogP contribution in [0.15, 0.2) is 36.7 Å². The van der Waals surface area contributed by atoms with Crippen LogP contribution in [0.2, 0.25) is 0 Å². The third kappa shape index (κ3) is 1.76. The Balaban J connectivity index is 1.89. The summed E-state index contributed by atoms with van der Waals surface area (Å²) in [5.41, 5.74) is 2.92. The number of hydrogen-bond acceptors (Lipinski definition) is 7. The summed E-state index contributed by atoms with van der Waals surface area (Å²) in [6, 6.07) is 8.14. The summed E-state index contributed by atoms with van der Waals surface area (Å²) in [7, 11) is 1.86. The smallest absolute Gasteiger partial charge is 0.216 e. The van der Waals surface area contributed by atoms with E-state index in [-0.39, 0.29) is 0 Å². The van der Waals surface area contributed by atoms with Gasteiger partial charge in [-0.05, 0) is 18.7 Å². The Kier molecular flexibility index (Phi) is 2.79. The van der Waals surface area contributed by atoms with Crippen LogP contribution >= 0.6 is 0 Å². The van der Waals surface area contributed by atoms with Crippen LogP contribution in [0.4, 0.5) is 11.5 Å². The molecule has 1 aromatic carbocycles. The van der Waals surface area contributed by atoms with Gasteiger partial charge in [-0.1, -0.05) is 28.6 Å². The van der Waals surface area contributed by atoms with Gasteiger partial charge in [-0.3, -0.25) is 15.5 Å². The van der Waals surface area contributed by atoms with Gasteiger partial charge in [0.25, 0.3) is 0 Å². The van der Waals surface area contributed by atoms with E-state index in [2.05, 4.69) is 52.4 Å². The topological polar surface area (TPSA) is 110 Å². The zero-order valence-corrected chi connectivity index (χ0v) is 11.9. The molecule has 9 heteroatoms. The number of benzene rings is 1. The van der Waals surface area contributed by atoms with E-state index in [0.717, 1.165) is 5.69 Å². The van der Waals surface area contributed by atoms with E-state index in [4.69, 9.17) is 0 Å². The first-order valence-electron chi connectivity index (χ1n) is 6.89. The minimum atomic E-state index is -0.766. The number of H-pyrrole nitrogens is 2. The van der Waals surface area contributed by atoms with Crippen molar-refractivity contribution in [3.05, 3.63) is 47.9 Å². The molecule has 0 spiro atoms. The molecule has 0 saturated heterocycles. The van der Waals surface area contributed by atoms with E-state index in [1.54, 1.807) is 12.4 Å². The highest BCUT2D eigenvalue weighted by Crippen LogP contribution is 2.37. The van der Waals surface area contributed by atoms with Crippen LogP contribution < -0.4 is 15.5 Å². The fraction of sp³-hybridized carbons (Fsp3) is 0.231. The average Bonchev–Trinajstić information content (AvgIpc) is 3.26. The van der Waals surface area contributed by atoms with E-state index >= 15 is 0 Å². The lowest BCUT2D eigenvalue weighted by molar-refractivity contribution is 0.360. The van der Waals surface area contributed by atoms with Crippen LogP contribution in [0, 0.1) is 0 Å². The lowest BCUT2D eigenvalue weighted by Gasteiger charge is -2.47. The summed E-state index contributed by atoms with van der Waals surface area (Å²) in [5, 5.41) is 28.3. The van der Waals surface area contributed by atoms with Crippen molar-refractivity contribution >= 4 is 11.5 Å². The Morgan fingerprint density at radius 2 is 1.95 bits per heavy atom. The van der Waals surface area contributed by atoms with E-state index in [1.165, 1.54) is 5.56 Å². The third-order valence-electron chi connectivity index (χ3n) is 3.90. The molecule has 112 valence electrons. The zero-order chi connectivity index (χ0) is 15.0. The van der Waals surface area contributed by atoms with E-state index in [1.807, 2.05) is 25.2 Å². The first kappa shape index (κ1) is 12.8. The van der Waals surface area contributed by atoms with Gasteiger partial charge >= 0.3 is 0 Å². The molecule has 1 aliphatic heterocycles. The Bertz CT molecular complexity index is 752. The number of anilines is 2. The first-order chi connectivity index (χ1) is 10.8. The normalized spacial score (nSPS) is 20.5. The number of nitrogens with zero attached hydrogens (tertiary/aromatic N) is 5. The molecule has 9 nitrogen and oxygen atoms in total. The maximum Gasteiger partial charge on any atom is 0.216 e. The monoisotopic (exact) mass is 297 g/mol. The van der Waals surface area contributed by atoms with E-state index < -0.39 is 5.79 Å². The molecule has 3 heterocycles. The molecule has 4 N–H and O–H groups in total. The van der Waals surface area contributed by atoms with Gasteiger partial charge in [0.1, 0.15) is 5.69 Å². The van der Waals surface area contributed by atoms with Crippen LogP contribution in [-0.4, -0.2) is 37.9 Å². The van der Waals surface area contributed by atoms with Gasteiger partial charge in [0.05, 0.1) is 18.9 Å². The maximum atomic E-state index is 4.19. The average molecular weight is 297 g/mol. The fourth-order valence-corrected chi connectivity index (χ4v) is 2.82. The van der Waals surface area contributed by atoms with Crippen molar-refractivity contribution in [1.82, 2.24) is 36.1 Å². The number of fused-ring (bicyclic) bond motifs is 1. The molecule has 0 radical (unpaired) electrons. The van der Waals surface area contributed by atoms with Crippen molar-refractivity contribution < 1.29 is 0 Å². The molecule has 0 fully saturated rings. The van der Waals surface area contributed by atoms with Gasteiger partial charge in [-0.25, -0.2) is 0 Å². The highest BCUT2D eigenvalue weighted by Gasteiger charge is 2.44. The molecular weight excluding hydrogens is 282 g/mol. The molecule has 0 saturated carbocycles. The largest absolute Gasteiger partial charge is 0.345 e. The molecule has 22 heavy (non-hydrogen) atoms. The van der Waals surface area contributed by atoms with Crippen LogP contribution in [0.25, 0.3) is 0 Å². The summed E-state index contributed by atoms with van der Waals surface area (Å²) >= 11 is 0. The minimum Gasteiger partial charge on any atom is -0.345 e. The predicted molar refractivity (Wildman–Crippen MR) is 79.8 cm³/mol. The Hall–Kier alpha value is -2.94. The van der Waals surface area contributed by atoms with E-state index in [0.29, 0.717) is 18.1 Å². The zero-order valence-electron chi connectivity index (χ0n) is 11.9. The lowest BCUT2D eigenvalue weighted by Crippen LogP contribution is -2.62. The van der Waals surface area contributed by atoms with Gasteiger partial charge in [0, 0.05) is 5.69 Å². The van der Waals surface area contributed by atoms with Gasteiger partial charge in [0.15, 0.2) is 5.82 Å². The first-order valence-corrected chi connectivity index (χ1v) is 6.89. The van der Waals surface area contributed by atoms with Crippen molar-refractivity contribution in [2.45, 2.75) is 12.3 Å². The second kappa shape index (κ2) is 4.81. The minimum absolute atomic E-state index is 0.656. The van der Waals surface area contributed by atoms with Crippen molar-refractivity contribution in [2.24, 2.45) is 0 Å². The maximum absolute atomic E-state index is 4.19. The molecule has 1 aliphatic rings. The molecule has 3 aromatic rings. The van der Waals surface area contributed by atoms with Crippen molar-refractivity contribution in [3.8, 4) is 0 Å². The standard InChI is InChI=1S/C13H15N9/c1-14-13(11-6-15-20-18-11)17-10-5-3-2-4-9(10)8-22(13)12-7-16-21-19-12/h2-7,14,17H,8H2,1H3,(H,15,18,20)(H,16,19,21).